The summed E-state index contributed by atoms with van der Waals surface area (Å²) in [4.78, 5) is 17.5. The predicted molar refractivity (Wildman–Crippen MR) is 116 cm³/mol. The Bertz CT molecular complexity index is 926. The van der Waals surface area contributed by atoms with Crippen LogP contribution >= 0.6 is 0 Å². The van der Waals surface area contributed by atoms with Crippen LogP contribution < -0.4 is 0 Å². The van der Waals surface area contributed by atoms with E-state index in [1.807, 2.05) is 15.6 Å². The van der Waals surface area contributed by atoms with Gasteiger partial charge in [0.2, 0.25) is 5.91 Å². The lowest BCUT2D eigenvalue weighted by atomic mass is 9.91. The van der Waals surface area contributed by atoms with Crippen molar-refractivity contribution in [3.63, 3.8) is 0 Å². The summed E-state index contributed by atoms with van der Waals surface area (Å²) in [5, 5.41) is 4.93. The third-order valence-electron chi connectivity index (χ3n) is 6.03. The van der Waals surface area contributed by atoms with Crippen LogP contribution in [-0.4, -0.2) is 44.6 Å². The SMILES string of the molecule is CCN1CCc2c(c(CN(C(=O)CC(C)(C)C)C3CC3)nn2-c2cccc(F)c2)C1. The van der Waals surface area contributed by atoms with Crippen LogP contribution in [0.15, 0.2) is 24.3 Å². The van der Waals surface area contributed by atoms with E-state index in [9.17, 15) is 9.18 Å². The molecule has 2 aromatic rings. The number of hydrogen-bond acceptors (Lipinski definition) is 3. The fraction of sp³-hybridized carbons (Fsp3) is 0.583. The van der Waals surface area contributed by atoms with Crippen LogP contribution in [0.3, 0.4) is 0 Å². The minimum absolute atomic E-state index is 0.0381. The Kier molecular flexibility index (Phi) is 5.71. The van der Waals surface area contributed by atoms with E-state index >= 15 is 0 Å². The van der Waals surface area contributed by atoms with Crippen molar-refractivity contribution in [2.24, 2.45) is 5.41 Å². The maximum absolute atomic E-state index is 13.9. The first-order chi connectivity index (χ1) is 14.2. The molecule has 2 heterocycles. The Balaban J connectivity index is 1.69. The molecule has 1 aromatic heterocycles. The van der Waals surface area contributed by atoms with Gasteiger partial charge in [-0.05, 0) is 43.0 Å². The van der Waals surface area contributed by atoms with E-state index in [2.05, 4.69) is 32.6 Å². The molecule has 0 bridgehead atoms. The smallest absolute Gasteiger partial charge is 0.223 e. The third kappa shape index (κ3) is 4.59. The van der Waals surface area contributed by atoms with Gasteiger partial charge in [-0.2, -0.15) is 5.10 Å². The first-order valence-electron chi connectivity index (χ1n) is 11.1. The summed E-state index contributed by atoms with van der Waals surface area (Å²) in [5.74, 6) is -0.0496. The maximum atomic E-state index is 13.9. The van der Waals surface area contributed by atoms with Crippen LogP contribution in [0.2, 0.25) is 0 Å². The quantitative estimate of drug-likeness (QED) is 0.710. The van der Waals surface area contributed by atoms with Crippen LogP contribution in [0.5, 0.6) is 0 Å². The summed E-state index contributed by atoms with van der Waals surface area (Å²) in [6.45, 7) is 11.8. The number of nitrogens with zero attached hydrogens (tertiary/aromatic N) is 4. The molecular formula is C24H33FN4O. The van der Waals surface area contributed by atoms with Gasteiger partial charge in [-0.3, -0.25) is 9.69 Å². The van der Waals surface area contributed by atoms with E-state index in [-0.39, 0.29) is 17.1 Å². The van der Waals surface area contributed by atoms with Crippen molar-refractivity contribution in [2.45, 2.75) is 72.5 Å². The largest absolute Gasteiger partial charge is 0.334 e. The zero-order valence-corrected chi connectivity index (χ0v) is 18.6. The van der Waals surface area contributed by atoms with Crippen molar-refractivity contribution < 1.29 is 9.18 Å². The lowest BCUT2D eigenvalue weighted by Crippen LogP contribution is -2.36. The molecule has 0 atom stereocenters. The first-order valence-corrected chi connectivity index (χ1v) is 11.1. The Morgan fingerprint density at radius 2 is 2.07 bits per heavy atom. The average Bonchev–Trinajstić information content (AvgIpc) is 3.46. The van der Waals surface area contributed by atoms with Crippen LogP contribution in [0.1, 0.15) is 63.9 Å². The summed E-state index contributed by atoms with van der Waals surface area (Å²) in [5.41, 5.74) is 4.03. The second-order valence-electron chi connectivity index (χ2n) is 9.87. The number of carbonyl (C=O) groups is 1. The topological polar surface area (TPSA) is 41.4 Å². The van der Waals surface area contributed by atoms with Crippen molar-refractivity contribution in [3.8, 4) is 5.69 Å². The molecule has 1 saturated carbocycles. The summed E-state index contributed by atoms with van der Waals surface area (Å²) in [7, 11) is 0. The zero-order valence-electron chi connectivity index (χ0n) is 18.6. The molecule has 1 aromatic carbocycles. The standard InChI is InChI=1S/C24H33FN4O/c1-5-27-12-11-22-20(15-27)21(26-29(22)19-8-6-7-17(25)13-19)16-28(18-9-10-18)23(30)14-24(2,3)4/h6-8,13,18H,5,9-12,14-16H2,1-4H3. The normalized spacial score (nSPS) is 17.1. The summed E-state index contributed by atoms with van der Waals surface area (Å²) < 4.78 is 15.8. The molecule has 30 heavy (non-hydrogen) atoms. The van der Waals surface area contributed by atoms with Crippen molar-refractivity contribution in [3.05, 3.63) is 47.0 Å². The molecular weight excluding hydrogens is 379 g/mol. The van der Waals surface area contributed by atoms with Gasteiger partial charge in [0, 0.05) is 37.5 Å². The summed E-state index contributed by atoms with van der Waals surface area (Å²) in [6.07, 6.45) is 3.57. The van der Waals surface area contributed by atoms with Gasteiger partial charge >= 0.3 is 0 Å². The summed E-state index contributed by atoms with van der Waals surface area (Å²) in [6, 6.07) is 6.95. The van der Waals surface area contributed by atoms with Gasteiger partial charge in [-0.25, -0.2) is 9.07 Å². The Hall–Kier alpha value is -2.21. The molecule has 0 saturated heterocycles. The molecule has 162 valence electrons. The van der Waals surface area contributed by atoms with E-state index in [0.717, 1.165) is 56.0 Å². The van der Waals surface area contributed by atoms with Crippen molar-refractivity contribution >= 4 is 5.91 Å². The van der Waals surface area contributed by atoms with E-state index in [1.54, 1.807) is 6.07 Å². The molecule has 0 radical (unpaired) electrons. The number of fused-ring (bicyclic) bond motifs is 1. The monoisotopic (exact) mass is 412 g/mol. The van der Waals surface area contributed by atoms with E-state index in [0.29, 0.717) is 19.0 Å². The van der Waals surface area contributed by atoms with Crippen LogP contribution in [0.25, 0.3) is 5.69 Å². The van der Waals surface area contributed by atoms with E-state index < -0.39 is 0 Å². The number of carbonyl (C=O) groups excluding carboxylic acids is 1. The highest BCUT2D eigenvalue weighted by atomic mass is 19.1. The average molecular weight is 413 g/mol. The molecule has 1 amide bonds. The number of amides is 1. The molecule has 0 unspecified atom stereocenters. The highest BCUT2D eigenvalue weighted by Gasteiger charge is 2.36. The number of likely N-dealkylation sites (N-methyl/N-ethyl adjacent to an activating group) is 1. The lowest BCUT2D eigenvalue weighted by Gasteiger charge is -2.28. The molecule has 1 fully saturated rings. The van der Waals surface area contributed by atoms with Crippen LogP contribution in [0.4, 0.5) is 4.39 Å². The molecule has 4 rings (SSSR count). The lowest BCUT2D eigenvalue weighted by molar-refractivity contribution is -0.134. The molecule has 2 aliphatic rings. The Morgan fingerprint density at radius 1 is 1.30 bits per heavy atom. The summed E-state index contributed by atoms with van der Waals surface area (Å²) >= 11 is 0. The number of benzene rings is 1. The number of aromatic nitrogens is 2. The minimum Gasteiger partial charge on any atom is -0.334 e. The van der Waals surface area contributed by atoms with Crippen molar-refractivity contribution in [1.82, 2.24) is 19.6 Å². The van der Waals surface area contributed by atoms with Gasteiger partial charge in [0.05, 0.1) is 23.6 Å². The number of halogens is 1. The van der Waals surface area contributed by atoms with E-state index in [1.165, 1.54) is 17.7 Å². The Morgan fingerprint density at radius 3 is 2.70 bits per heavy atom. The molecule has 1 aliphatic carbocycles. The van der Waals surface area contributed by atoms with Crippen molar-refractivity contribution in [2.75, 3.05) is 13.1 Å². The predicted octanol–water partition coefficient (Wildman–Crippen LogP) is 4.32. The molecule has 6 heteroatoms. The van der Waals surface area contributed by atoms with Crippen molar-refractivity contribution in [1.29, 1.82) is 0 Å². The van der Waals surface area contributed by atoms with Gasteiger partial charge in [0.1, 0.15) is 5.82 Å². The maximum Gasteiger partial charge on any atom is 0.223 e. The second kappa shape index (κ2) is 8.14. The van der Waals surface area contributed by atoms with Gasteiger partial charge in [0.15, 0.2) is 0 Å². The highest BCUT2D eigenvalue weighted by molar-refractivity contribution is 5.77. The molecule has 0 spiro atoms. The fourth-order valence-corrected chi connectivity index (χ4v) is 4.28. The van der Waals surface area contributed by atoms with Gasteiger partial charge in [-0.1, -0.05) is 33.8 Å². The van der Waals surface area contributed by atoms with Crippen LogP contribution in [0, 0.1) is 11.2 Å². The van der Waals surface area contributed by atoms with Gasteiger partial charge in [0.25, 0.3) is 0 Å². The highest BCUT2D eigenvalue weighted by Crippen LogP contribution is 2.33. The Labute approximate surface area is 178 Å². The second-order valence-corrected chi connectivity index (χ2v) is 9.87. The number of rotatable bonds is 6. The van der Waals surface area contributed by atoms with Gasteiger partial charge in [-0.15, -0.1) is 0 Å². The first kappa shape index (κ1) is 21.0. The molecule has 0 N–H and O–H groups in total. The minimum atomic E-state index is -0.260. The van der Waals surface area contributed by atoms with E-state index in [4.69, 9.17) is 5.10 Å². The molecule has 5 nitrogen and oxygen atoms in total. The number of hydrogen-bond donors (Lipinski definition) is 0. The van der Waals surface area contributed by atoms with Crippen LogP contribution in [-0.2, 0) is 24.3 Å². The third-order valence-corrected chi connectivity index (χ3v) is 6.03. The zero-order chi connectivity index (χ0) is 21.5. The fourth-order valence-electron chi connectivity index (χ4n) is 4.28. The van der Waals surface area contributed by atoms with Gasteiger partial charge < -0.3 is 4.90 Å². The molecule has 1 aliphatic heterocycles.